The van der Waals surface area contributed by atoms with E-state index in [1.807, 2.05) is 0 Å². The summed E-state index contributed by atoms with van der Waals surface area (Å²) in [6.45, 7) is 4.26. The molecule has 0 saturated heterocycles. The van der Waals surface area contributed by atoms with Crippen molar-refractivity contribution in [2.75, 3.05) is 0 Å². The maximum Gasteiger partial charge on any atom is 0.335 e. The van der Waals surface area contributed by atoms with Gasteiger partial charge < -0.3 is 10.2 Å². The molecule has 0 saturated carbocycles. The molecule has 1 atom stereocenters. The molecule has 0 aliphatic rings. The average Bonchev–Trinajstić information content (AvgIpc) is 2.38. The second-order valence-electron chi connectivity index (χ2n) is 4.26. The maximum atomic E-state index is 10.2. The average molecular weight is 252 g/mol. The SMILES string of the molecule is CCCC[C@H](O)CCC.O=C(O)c1ccccc1. The molecule has 0 spiro atoms. The fourth-order valence-electron chi connectivity index (χ4n) is 1.50. The van der Waals surface area contributed by atoms with Gasteiger partial charge in [-0.15, -0.1) is 0 Å². The molecule has 18 heavy (non-hydrogen) atoms. The van der Waals surface area contributed by atoms with E-state index in [1.54, 1.807) is 30.3 Å². The van der Waals surface area contributed by atoms with Crippen molar-refractivity contribution in [2.45, 2.75) is 52.1 Å². The number of carboxylic acid groups (broad SMARTS) is 1. The van der Waals surface area contributed by atoms with Gasteiger partial charge in [0.25, 0.3) is 0 Å². The zero-order valence-electron chi connectivity index (χ0n) is 11.3. The summed E-state index contributed by atoms with van der Waals surface area (Å²) in [7, 11) is 0. The normalized spacial score (nSPS) is 11.3. The Labute approximate surface area is 109 Å². The molecule has 1 rings (SSSR count). The molecule has 1 aromatic carbocycles. The highest BCUT2D eigenvalue weighted by molar-refractivity contribution is 5.87. The Morgan fingerprint density at radius 3 is 2.11 bits per heavy atom. The van der Waals surface area contributed by atoms with Crippen molar-refractivity contribution in [3.05, 3.63) is 35.9 Å². The second-order valence-corrected chi connectivity index (χ2v) is 4.26. The zero-order valence-corrected chi connectivity index (χ0v) is 11.3. The van der Waals surface area contributed by atoms with Gasteiger partial charge in [-0.1, -0.05) is 51.3 Å². The number of aromatic carboxylic acids is 1. The first-order valence-electron chi connectivity index (χ1n) is 6.58. The molecular formula is C15H24O3. The predicted molar refractivity (Wildman–Crippen MR) is 73.8 cm³/mol. The number of aliphatic hydroxyl groups excluding tert-OH is 1. The van der Waals surface area contributed by atoms with E-state index >= 15 is 0 Å². The minimum Gasteiger partial charge on any atom is -0.478 e. The number of carbonyl (C=O) groups is 1. The van der Waals surface area contributed by atoms with Crippen molar-refractivity contribution >= 4 is 5.97 Å². The summed E-state index contributed by atoms with van der Waals surface area (Å²) in [6.07, 6.45) is 5.40. The largest absolute Gasteiger partial charge is 0.478 e. The van der Waals surface area contributed by atoms with E-state index in [9.17, 15) is 9.90 Å². The highest BCUT2D eigenvalue weighted by Gasteiger charge is 1.99. The van der Waals surface area contributed by atoms with E-state index in [0.29, 0.717) is 5.56 Å². The van der Waals surface area contributed by atoms with Crippen molar-refractivity contribution < 1.29 is 15.0 Å². The third-order valence-electron chi connectivity index (χ3n) is 2.53. The summed E-state index contributed by atoms with van der Waals surface area (Å²) in [4.78, 5) is 10.2. The molecule has 0 amide bonds. The van der Waals surface area contributed by atoms with E-state index in [1.165, 1.54) is 12.8 Å². The van der Waals surface area contributed by atoms with Crippen LogP contribution in [0.3, 0.4) is 0 Å². The smallest absolute Gasteiger partial charge is 0.335 e. The van der Waals surface area contributed by atoms with Crippen molar-refractivity contribution in [1.29, 1.82) is 0 Å². The van der Waals surface area contributed by atoms with Crippen molar-refractivity contribution in [2.24, 2.45) is 0 Å². The van der Waals surface area contributed by atoms with Crippen LogP contribution in [0.25, 0.3) is 0 Å². The lowest BCUT2D eigenvalue weighted by molar-refractivity contribution is 0.0697. The summed E-state index contributed by atoms with van der Waals surface area (Å²) in [5.41, 5.74) is 0.331. The maximum absolute atomic E-state index is 10.2. The Morgan fingerprint density at radius 2 is 1.72 bits per heavy atom. The van der Waals surface area contributed by atoms with Crippen LogP contribution in [0.5, 0.6) is 0 Å². The molecule has 0 aromatic heterocycles. The fraction of sp³-hybridized carbons (Fsp3) is 0.533. The minimum absolute atomic E-state index is 0.0325. The van der Waals surface area contributed by atoms with Gasteiger partial charge in [0.2, 0.25) is 0 Å². The lowest BCUT2D eigenvalue weighted by atomic mass is 10.1. The highest BCUT2D eigenvalue weighted by atomic mass is 16.4. The molecule has 2 N–H and O–H groups in total. The Balaban J connectivity index is 0.000000321. The first kappa shape index (κ1) is 16.6. The molecule has 0 aliphatic carbocycles. The zero-order chi connectivity index (χ0) is 13.8. The van der Waals surface area contributed by atoms with Gasteiger partial charge in [0.1, 0.15) is 0 Å². The molecule has 1 aromatic rings. The molecule has 102 valence electrons. The molecule has 0 bridgehead atoms. The van der Waals surface area contributed by atoms with Gasteiger partial charge in [0.05, 0.1) is 11.7 Å². The summed E-state index contributed by atoms with van der Waals surface area (Å²) in [5, 5.41) is 17.6. The van der Waals surface area contributed by atoms with Gasteiger partial charge in [-0.05, 0) is 25.0 Å². The van der Waals surface area contributed by atoms with E-state index in [4.69, 9.17) is 5.11 Å². The van der Waals surface area contributed by atoms with Gasteiger partial charge in [-0.25, -0.2) is 4.79 Å². The number of carboxylic acids is 1. The van der Waals surface area contributed by atoms with Crippen LogP contribution in [0.4, 0.5) is 0 Å². The van der Waals surface area contributed by atoms with Gasteiger partial charge >= 0.3 is 5.97 Å². The Kier molecular flexibility index (Phi) is 9.97. The molecule has 0 unspecified atom stereocenters. The Hall–Kier alpha value is -1.35. The number of unbranched alkanes of at least 4 members (excludes halogenated alkanes) is 1. The predicted octanol–water partition coefficient (Wildman–Crippen LogP) is 3.72. The number of aliphatic hydroxyl groups is 1. The molecule has 0 heterocycles. The number of benzene rings is 1. The monoisotopic (exact) mass is 252 g/mol. The van der Waals surface area contributed by atoms with Crippen LogP contribution in [0.15, 0.2) is 30.3 Å². The van der Waals surface area contributed by atoms with Crippen molar-refractivity contribution in [3.63, 3.8) is 0 Å². The van der Waals surface area contributed by atoms with Gasteiger partial charge in [-0.3, -0.25) is 0 Å². The summed E-state index contributed by atoms with van der Waals surface area (Å²) in [5.74, 6) is -0.879. The van der Waals surface area contributed by atoms with Crippen LogP contribution in [0, 0.1) is 0 Å². The standard InChI is InChI=1S/C8H18O.C7H6O2/c1-3-5-7-8(9)6-4-2;8-7(9)6-4-2-1-3-5-6/h8-9H,3-7H2,1-2H3;1-5H,(H,8,9)/t8-;/m1./s1. The van der Waals surface area contributed by atoms with Crippen LogP contribution < -0.4 is 0 Å². The number of rotatable bonds is 6. The summed E-state index contributed by atoms with van der Waals surface area (Å²) in [6, 6.07) is 8.30. The van der Waals surface area contributed by atoms with Crippen molar-refractivity contribution in [1.82, 2.24) is 0 Å². The second kappa shape index (κ2) is 10.8. The number of hydrogen-bond donors (Lipinski definition) is 2. The molecular weight excluding hydrogens is 228 g/mol. The molecule has 0 radical (unpaired) electrons. The molecule has 3 heteroatoms. The summed E-state index contributed by atoms with van der Waals surface area (Å²) >= 11 is 0. The van der Waals surface area contributed by atoms with Gasteiger partial charge in [-0.2, -0.15) is 0 Å². The Morgan fingerprint density at radius 1 is 1.11 bits per heavy atom. The molecule has 0 aliphatic heterocycles. The van der Waals surface area contributed by atoms with Gasteiger partial charge in [0.15, 0.2) is 0 Å². The molecule has 3 nitrogen and oxygen atoms in total. The van der Waals surface area contributed by atoms with E-state index in [0.717, 1.165) is 19.3 Å². The van der Waals surface area contributed by atoms with Crippen molar-refractivity contribution in [3.8, 4) is 0 Å². The lowest BCUT2D eigenvalue weighted by Crippen LogP contribution is -2.04. The third kappa shape index (κ3) is 8.76. The van der Waals surface area contributed by atoms with Crippen LogP contribution in [0.2, 0.25) is 0 Å². The highest BCUT2D eigenvalue weighted by Crippen LogP contribution is 2.05. The van der Waals surface area contributed by atoms with E-state index in [-0.39, 0.29) is 6.10 Å². The third-order valence-corrected chi connectivity index (χ3v) is 2.53. The van der Waals surface area contributed by atoms with Gasteiger partial charge in [0, 0.05) is 0 Å². The minimum atomic E-state index is -0.879. The van der Waals surface area contributed by atoms with Crippen LogP contribution in [-0.4, -0.2) is 22.3 Å². The lowest BCUT2D eigenvalue weighted by Gasteiger charge is -2.06. The Bertz CT molecular complexity index is 309. The van der Waals surface area contributed by atoms with E-state index < -0.39 is 5.97 Å². The summed E-state index contributed by atoms with van der Waals surface area (Å²) < 4.78 is 0. The van der Waals surface area contributed by atoms with E-state index in [2.05, 4.69) is 13.8 Å². The number of hydrogen-bond acceptors (Lipinski definition) is 2. The topological polar surface area (TPSA) is 57.5 Å². The van der Waals surface area contributed by atoms with Crippen LogP contribution >= 0.6 is 0 Å². The fourth-order valence-corrected chi connectivity index (χ4v) is 1.50. The first-order chi connectivity index (χ1) is 8.61. The quantitative estimate of drug-likeness (QED) is 0.811. The first-order valence-corrected chi connectivity index (χ1v) is 6.58. The van der Waals surface area contributed by atoms with Crippen LogP contribution in [-0.2, 0) is 0 Å². The molecule has 0 fully saturated rings. The van der Waals surface area contributed by atoms with Crippen LogP contribution in [0.1, 0.15) is 56.3 Å².